The smallest absolute Gasteiger partial charge is 0.330 e. The number of nitrogens with two attached hydrogens (primary N) is 1. The minimum absolute atomic E-state index is 0.151. The van der Waals surface area contributed by atoms with Crippen LogP contribution in [0.3, 0.4) is 0 Å². The highest BCUT2D eigenvalue weighted by molar-refractivity contribution is 5.76. The van der Waals surface area contributed by atoms with Gasteiger partial charge in [0.1, 0.15) is 5.82 Å². The molecule has 2 aromatic rings. The molecular weight excluding hydrogens is 396 g/mol. The molecule has 0 saturated heterocycles. The van der Waals surface area contributed by atoms with Gasteiger partial charge >= 0.3 is 5.69 Å². The van der Waals surface area contributed by atoms with E-state index in [0.717, 1.165) is 25.8 Å². The number of aromatic nitrogens is 4. The zero-order chi connectivity index (χ0) is 22.4. The van der Waals surface area contributed by atoms with Gasteiger partial charge in [-0.05, 0) is 32.2 Å². The molecule has 3 rings (SSSR count). The number of carbonyl (C=O) groups excluding carboxylic acids is 1. The Morgan fingerprint density at radius 3 is 2.58 bits per heavy atom. The molecule has 0 spiro atoms. The molecule has 9 heteroatoms. The second kappa shape index (κ2) is 10.7. The molecule has 0 unspecified atom stereocenters. The number of imidazole rings is 1. The molecule has 2 heterocycles. The molecular formula is C22H36N6O3. The molecule has 0 aliphatic heterocycles. The zero-order valence-electron chi connectivity index (χ0n) is 18.9. The van der Waals surface area contributed by atoms with Crippen molar-refractivity contribution in [3.8, 4) is 0 Å². The molecule has 31 heavy (non-hydrogen) atoms. The Bertz CT molecular complexity index is 999. The van der Waals surface area contributed by atoms with Gasteiger partial charge in [-0.15, -0.1) is 0 Å². The first-order valence-electron chi connectivity index (χ1n) is 11.7. The van der Waals surface area contributed by atoms with Crippen molar-refractivity contribution in [2.24, 2.45) is 11.7 Å². The van der Waals surface area contributed by atoms with Crippen LogP contribution in [0.5, 0.6) is 0 Å². The maximum atomic E-state index is 12.6. The van der Waals surface area contributed by atoms with Gasteiger partial charge in [-0.2, -0.15) is 0 Å². The molecule has 0 aromatic carbocycles. The second-order valence-corrected chi connectivity index (χ2v) is 8.68. The van der Waals surface area contributed by atoms with Crippen molar-refractivity contribution in [2.75, 3.05) is 13.1 Å². The summed E-state index contributed by atoms with van der Waals surface area (Å²) in [5.74, 6) is 1.00. The van der Waals surface area contributed by atoms with E-state index in [-0.39, 0.29) is 12.5 Å². The number of H-pyrrole nitrogens is 1. The largest absolute Gasteiger partial charge is 0.369 e. The lowest BCUT2D eigenvalue weighted by atomic mass is 9.87. The summed E-state index contributed by atoms with van der Waals surface area (Å²) in [5.41, 5.74) is 5.51. The Labute approximate surface area is 182 Å². The molecule has 3 N–H and O–H groups in total. The molecule has 2 aromatic heterocycles. The summed E-state index contributed by atoms with van der Waals surface area (Å²) in [6.45, 7) is 6.39. The quantitative estimate of drug-likeness (QED) is 0.563. The van der Waals surface area contributed by atoms with Gasteiger partial charge in [0.05, 0.1) is 13.1 Å². The van der Waals surface area contributed by atoms with Gasteiger partial charge in [0, 0.05) is 13.1 Å². The fourth-order valence-electron chi connectivity index (χ4n) is 4.68. The van der Waals surface area contributed by atoms with Crippen LogP contribution in [0.2, 0.25) is 0 Å². The Kier molecular flexibility index (Phi) is 8.06. The molecule has 1 saturated carbocycles. The number of fused-ring (bicyclic) bond motifs is 1. The first-order valence-corrected chi connectivity index (χ1v) is 11.7. The highest BCUT2D eigenvalue weighted by atomic mass is 16.2. The van der Waals surface area contributed by atoms with Crippen molar-refractivity contribution in [2.45, 2.75) is 84.8 Å². The predicted molar refractivity (Wildman–Crippen MR) is 121 cm³/mol. The van der Waals surface area contributed by atoms with Gasteiger partial charge < -0.3 is 10.3 Å². The van der Waals surface area contributed by atoms with E-state index in [1.165, 1.54) is 32.1 Å². The van der Waals surface area contributed by atoms with Gasteiger partial charge in [-0.3, -0.25) is 24.0 Å². The van der Waals surface area contributed by atoms with E-state index in [9.17, 15) is 14.4 Å². The predicted octanol–water partition coefficient (Wildman–Crippen LogP) is 1.96. The Morgan fingerprint density at radius 2 is 1.94 bits per heavy atom. The molecule has 0 atom stereocenters. The van der Waals surface area contributed by atoms with Crippen LogP contribution in [-0.4, -0.2) is 43.0 Å². The van der Waals surface area contributed by atoms with Gasteiger partial charge in [-0.25, -0.2) is 9.78 Å². The molecule has 1 fully saturated rings. The summed E-state index contributed by atoms with van der Waals surface area (Å²) >= 11 is 0. The monoisotopic (exact) mass is 432 g/mol. The lowest BCUT2D eigenvalue weighted by Crippen LogP contribution is -2.35. The summed E-state index contributed by atoms with van der Waals surface area (Å²) in [7, 11) is 0. The standard InChI is InChI=1S/C22H36N6O3/c1-3-5-12-28-20-19(21(30)25-22(28)31)27(4-2)18(24-20)15-26(14-17(23)29)13-11-16-9-7-6-8-10-16/h16H,3-15H2,1-2H3,(H2,23,29)(H,25,30,31). The summed E-state index contributed by atoms with van der Waals surface area (Å²) in [6, 6.07) is 0. The lowest BCUT2D eigenvalue weighted by molar-refractivity contribution is -0.119. The summed E-state index contributed by atoms with van der Waals surface area (Å²) in [6.07, 6.45) is 9.16. The maximum Gasteiger partial charge on any atom is 0.330 e. The normalized spacial score (nSPS) is 15.2. The zero-order valence-corrected chi connectivity index (χ0v) is 18.9. The summed E-state index contributed by atoms with van der Waals surface area (Å²) in [5, 5.41) is 0. The van der Waals surface area contributed by atoms with Crippen molar-refractivity contribution in [3.63, 3.8) is 0 Å². The van der Waals surface area contributed by atoms with Crippen molar-refractivity contribution >= 4 is 17.1 Å². The minimum Gasteiger partial charge on any atom is -0.369 e. The Morgan fingerprint density at radius 1 is 1.19 bits per heavy atom. The highest BCUT2D eigenvalue weighted by Gasteiger charge is 2.21. The molecule has 1 aliphatic carbocycles. The Balaban J connectivity index is 1.90. The number of hydrogen-bond donors (Lipinski definition) is 2. The third-order valence-electron chi connectivity index (χ3n) is 6.34. The third kappa shape index (κ3) is 5.64. The number of unbranched alkanes of at least 4 members (excludes halogenated alkanes) is 1. The van der Waals surface area contributed by atoms with Crippen LogP contribution in [0, 0.1) is 5.92 Å². The van der Waals surface area contributed by atoms with Crippen LogP contribution in [-0.2, 0) is 24.4 Å². The van der Waals surface area contributed by atoms with E-state index in [1.54, 1.807) is 4.57 Å². The van der Waals surface area contributed by atoms with E-state index in [0.29, 0.717) is 42.5 Å². The minimum atomic E-state index is -0.426. The topological polar surface area (TPSA) is 119 Å². The fraction of sp³-hybridized carbons (Fsp3) is 0.727. The number of carbonyl (C=O) groups is 1. The number of hydrogen-bond acceptors (Lipinski definition) is 5. The van der Waals surface area contributed by atoms with Crippen LogP contribution in [0.25, 0.3) is 11.2 Å². The van der Waals surface area contributed by atoms with Gasteiger partial charge in [-0.1, -0.05) is 45.4 Å². The first kappa shape index (κ1) is 23.2. The van der Waals surface area contributed by atoms with Gasteiger partial charge in [0.2, 0.25) is 5.91 Å². The number of aromatic amines is 1. The van der Waals surface area contributed by atoms with Gasteiger partial charge in [0.15, 0.2) is 11.2 Å². The second-order valence-electron chi connectivity index (χ2n) is 8.68. The molecule has 1 amide bonds. The van der Waals surface area contributed by atoms with Crippen LogP contribution >= 0.6 is 0 Å². The number of amides is 1. The van der Waals surface area contributed by atoms with Crippen LogP contribution in [0.1, 0.15) is 71.0 Å². The third-order valence-corrected chi connectivity index (χ3v) is 6.34. The van der Waals surface area contributed by atoms with E-state index < -0.39 is 11.2 Å². The van der Waals surface area contributed by atoms with Crippen molar-refractivity contribution in [1.29, 1.82) is 0 Å². The summed E-state index contributed by atoms with van der Waals surface area (Å²) in [4.78, 5) is 45.9. The average molecular weight is 433 g/mol. The summed E-state index contributed by atoms with van der Waals surface area (Å²) < 4.78 is 3.40. The van der Waals surface area contributed by atoms with E-state index in [1.807, 2.05) is 16.4 Å². The average Bonchev–Trinajstić information content (AvgIpc) is 3.10. The van der Waals surface area contributed by atoms with Crippen LogP contribution < -0.4 is 17.0 Å². The van der Waals surface area contributed by atoms with Crippen LogP contribution in [0.15, 0.2) is 9.59 Å². The van der Waals surface area contributed by atoms with Gasteiger partial charge in [0.25, 0.3) is 5.56 Å². The lowest BCUT2D eigenvalue weighted by Gasteiger charge is -2.26. The fourth-order valence-corrected chi connectivity index (χ4v) is 4.68. The molecule has 0 bridgehead atoms. The number of aryl methyl sites for hydroxylation is 2. The number of nitrogens with zero attached hydrogens (tertiary/aromatic N) is 4. The van der Waals surface area contributed by atoms with E-state index >= 15 is 0 Å². The molecule has 9 nitrogen and oxygen atoms in total. The molecule has 0 radical (unpaired) electrons. The highest BCUT2D eigenvalue weighted by Crippen LogP contribution is 2.26. The van der Waals surface area contributed by atoms with Crippen molar-refractivity contribution in [3.05, 3.63) is 26.7 Å². The van der Waals surface area contributed by atoms with E-state index in [2.05, 4.69) is 11.9 Å². The Hall–Kier alpha value is -2.42. The van der Waals surface area contributed by atoms with E-state index in [4.69, 9.17) is 10.7 Å². The maximum absolute atomic E-state index is 12.6. The first-order chi connectivity index (χ1) is 14.9. The van der Waals surface area contributed by atoms with Crippen LogP contribution in [0.4, 0.5) is 0 Å². The van der Waals surface area contributed by atoms with Crippen molar-refractivity contribution < 1.29 is 4.79 Å². The number of nitrogens with one attached hydrogen (secondary N) is 1. The number of primary amides is 1. The SMILES string of the molecule is CCCCn1c(=O)[nH]c(=O)c2c1nc(CN(CCC1CCCCC1)CC(N)=O)n2CC. The molecule has 1 aliphatic rings. The van der Waals surface area contributed by atoms with Crippen molar-refractivity contribution in [1.82, 2.24) is 24.0 Å². The number of rotatable bonds is 11. The molecule has 172 valence electrons.